The number of likely N-dealkylation sites (N-methyl/N-ethyl adjacent to an activating group) is 1. The molecule has 17 heavy (non-hydrogen) atoms. The van der Waals surface area contributed by atoms with Crippen molar-refractivity contribution in [2.75, 3.05) is 25.0 Å². The predicted octanol–water partition coefficient (Wildman–Crippen LogP) is 0.451. The molecule has 2 rings (SSSR count). The van der Waals surface area contributed by atoms with Gasteiger partial charge in [0.1, 0.15) is 0 Å². The van der Waals surface area contributed by atoms with Gasteiger partial charge in [0.25, 0.3) is 5.56 Å². The van der Waals surface area contributed by atoms with Gasteiger partial charge in [-0.2, -0.15) is 0 Å². The Morgan fingerprint density at radius 3 is 3.00 bits per heavy atom. The lowest BCUT2D eigenvalue weighted by Gasteiger charge is -2.18. The summed E-state index contributed by atoms with van der Waals surface area (Å²) >= 11 is 0. The Bertz CT molecular complexity index is 425. The van der Waals surface area contributed by atoms with Crippen molar-refractivity contribution in [1.29, 1.82) is 0 Å². The molecule has 0 amide bonds. The van der Waals surface area contributed by atoms with E-state index in [-0.39, 0.29) is 5.56 Å². The fraction of sp³-hybridized carbons (Fsp3) is 0.667. The zero-order valence-electron chi connectivity index (χ0n) is 10.5. The molecule has 0 bridgehead atoms. The van der Waals surface area contributed by atoms with Gasteiger partial charge in [-0.05, 0) is 19.8 Å². The van der Waals surface area contributed by atoms with Crippen LogP contribution in [0.15, 0.2) is 17.2 Å². The monoisotopic (exact) mass is 236 g/mol. The Kier molecular flexibility index (Phi) is 3.78. The van der Waals surface area contributed by atoms with Gasteiger partial charge in [0.2, 0.25) is 0 Å². The van der Waals surface area contributed by atoms with E-state index in [0.717, 1.165) is 13.1 Å². The average Bonchev–Trinajstić information content (AvgIpc) is 3.13. The molecule has 1 aromatic heterocycles. The highest BCUT2D eigenvalue weighted by Gasteiger charge is 2.20. The number of anilines is 1. The van der Waals surface area contributed by atoms with Crippen LogP contribution in [0.1, 0.15) is 19.8 Å². The maximum Gasteiger partial charge on any atom is 0.293 e. The zero-order valence-corrected chi connectivity index (χ0v) is 10.5. The molecule has 1 fully saturated rings. The minimum atomic E-state index is -0.0103. The fourth-order valence-electron chi connectivity index (χ4n) is 1.78. The van der Waals surface area contributed by atoms with Gasteiger partial charge in [0.15, 0.2) is 5.82 Å². The van der Waals surface area contributed by atoms with Crippen molar-refractivity contribution in [2.45, 2.75) is 32.4 Å². The van der Waals surface area contributed by atoms with Crippen LogP contribution in [-0.2, 0) is 6.54 Å². The third kappa shape index (κ3) is 3.06. The van der Waals surface area contributed by atoms with E-state index in [9.17, 15) is 4.79 Å². The highest BCUT2D eigenvalue weighted by Crippen LogP contribution is 2.18. The van der Waals surface area contributed by atoms with Gasteiger partial charge in [-0.3, -0.25) is 4.79 Å². The standard InChI is InChI=1S/C12H20N4O/c1-3-16-9-7-14-11(12(16)17)15(2)8-6-13-10-4-5-10/h7,9-10,13H,3-6,8H2,1-2H3. The minimum Gasteiger partial charge on any atom is -0.354 e. The van der Waals surface area contributed by atoms with Crippen LogP contribution >= 0.6 is 0 Å². The maximum atomic E-state index is 12.0. The first-order valence-electron chi connectivity index (χ1n) is 6.22. The molecule has 1 saturated carbocycles. The quantitative estimate of drug-likeness (QED) is 0.779. The summed E-state index contributed by atoms with van der Waals surface area (Å²) < 4.78 is 1.67. The summed E-state index contributed by atoms with van der Waals surface area (Å²) in [6.45, 7) is 4.36. The third-order valence-electron chi connectivity index (χ3n) is 3.06. The van der Waals surface area contributed by atoms with Gasteiger partial charge in [-0.25, -0.2) is 4.98 Å². The number of rotatable bonds is 6. The lowest BCUT2D eigenvalue weighted by molar-refractivity contribution is 0.662. The molecule has 0 radical (unpaired) electrons. The normalized spacial score (nSPS) is 14.9. The lowest BCUT2D eigenvalue weighted by Crippen LogP contribution is -2.35. The molecule has 0 atom stereocenters. The second-order valence-electron chi connectivity index (χ2n) is 4.49. The number of nitrogens with zero attached hydrogens (tertiary/aromatic N) is 3. The summed E-state index contributed by atoms with van der Waals surface area (Å²) in [5.74, 6) is 0.534. The molecule has 0 spiro atoms. The Balaban J connectivity index is 1.96. The van der Waals surface area contributed by atoms with Crippen LogP contribution in [-0.4, -0.2) is 35.7 Å². The van der Waals surface area contributed by atoms with Crippen LogP contribution in [0.5, 0.6) is 0 Å². The third-order valence-corrected chi connectivity index (χ3v) is 3.06. The Labute approximate surface area is 101 Å². The molecular weight excluding hydrogens is 216 g/mol. The Hall–Kier alpha value is -1.36. The van der Waals surface area contributed by atoms with Crippen molar-refractivity contribution >= 4 is 5.82 Å². The zero-order chi connectivity index (χ0) is 12.3. The Morgan fingerprint density at radius 2 is 2.35 bits per heavy atom. The molecule has 1 aliphatic carbocycles. The van der Waals surface area contributed by atoms with Gasteiger partial charge in [0.05, 0.1) is 0 Å². The molecule has 1 aromatic rings. The maximum absolute atomic E-state index is 12.0. The van der Waals surface area contributed by atoms with E-state index in [0.29, 0.717) is 18.4 Å². The fourth-order valence-corrected chi connectivity index (χ4v) is 1.78. The largest absolute Gasteiger partial charge is 0.354 e. The molecule has 0 saturated heterocycles. The summed E-state index contributed by atoms with van der Waals surface area (Å²) in [5.41, 5.74) is -0.0103. The van der Waals surface area contributed by atoms with Gasteiger partial charge in [-0.15, -0.1) is 0 Å². The van der Waals surface area contributed by atoms with Crippen molar-refractivity contribution in [3.05, 3.63) is 22.7 Å². The van der Waals surface area contributed by atoms with E-state index < -0.39 is 0 Å². The average molecular weight is 236 g/mol. The summed E-state index contributed by atoms with van der Waals surface area (Å²) in [5, 5.41) is 3.43. The molecule has 0 unspecified atom stereocenters. The molecule has 5 nitrogen and oxygen atoms in total. The molecule has 1 heterocycles. The van der Waals surface area contributed by atoms with Gasteiger partial charge < -0.3 is 14.8 Å². The first kappa shape index (κ1) is 12.1. The summed E-state index contributed by atoms with van der Waals surface area (Å²) in [7, 11) is 1.91. The van der Waals surface area contributed by atoms with Crippen LogP contribution in [0.25, 0.3) is 0 Å². The van der Waals surface area contributed by atoms with Crippen LogP contribution in [0.2, 0.25) is 0 Å². The molecule has 0 aliphatic heterocycles. The molecule has 94 valence electrons. The SMILES string of the molecule is CCn1ccnc(N(C)CCNC2CC2)c1=O. The van der Waals surface area contributed by atoms with Crippen LogP contribution in [0.3, 0.4) is 0 Å². The first-order chi connectivity index (χ1) is 8.22. The summed E-state index contributed by atoms with van der Waals surface area (Å²) in [6, 6.07) is 0.708. The van der Waals surface area contributed by atoms with Crippen LogP contribution in [0, 0.1) is 0 Å². The lowest BCUT2D eigenvalue weighted by atomic mass is 10.4. The van der Waals surface area contributed by atoms with Gasteiger partial charge >= 0.3 is 0 Å². The summed E-state index contributed by atoms with van der Waals surface area (Å²) in [6.07, 6.45) is 5.99. The predicted molar refractivity (Wildman–Crippen MR) is 68.5 cm³/mol. The van der Waals surface area contributed by atoms with Crippen molar-refractivity contribution in [3.8, 4) is 0 Å². The van der Waals surface area contributed by atoms with E-state index in [1.165, 1.54) is 12.8 Å². The molecule has 1 N–H and O–H groups in total. The number of nitrogens with one attached hydrogen (secondary N) is 1. The second kappa shape index (κ2) is 5.31. The number of hydrogen-bond donors (Lipinski definition) is 1. The van der Waals surface area contributed by atoms with E-state index in [4.69, 9.17) is 0 Å². The van der Waals surface area contributed by atoms with Gasteiger partial charge in [0, 0.05) is 45.1 Å². The van der Waals surface area contributed by atoms with Crippen molar-refractivity contribution in [2.24, 2.45) is 0 Å². The molecule has 5 heteroatoms. The summed E-state index contributed by atoms with van der Waals surface area (Å²) in [4.78, 5) is 18.1. The van der Waals surface area contributed by atoms with Crippen molar-refractivity contribution in [1.82, 2.24) is 14.9 Å². The topological polar surface area (TPSA) is 50.2 Å². The highest BCUT2D eigenvalue weighted by molar-refractivity contribution is 5.34. The Morgan fingerprint density at radius 1 is 1.59 bits per heavy atom. The number of hydrogen-bond acceptors (Lipinski definition) is 4. The van der Waals surface area contributed by atoms with Gasteiger partial charge in [-0.1, -0.05) is 0 Å². The van der Waals surface area contributed by atoms with Crippen molar-refractivity contribution < 1.29 is 0 Å². The van der Waals surface area contributed by atoms with E-state index in [2.05, 4.69) is 10.3 Å². The van der Waals surface area contributed by atoms with E-state index in [1.807, 2.05) is 18.9 Å². The van der Waals surface area contributed by atoms with E-state index in [1.54, 1.807) is 17.0 Å². The van der Waals surface area contributed by atoms with E-state index >= 15 is 0 Å². The molecule has 1 aliphatic rings. The smallest absolute Gasteiger partial charge is 0.293 e. The minimum absolute atomic E-state index is 0.0103. The first-order valence-corrected chi connectivity index (χ1v) is 6.22. The van der Waals surface area contributed by atoms with Crippen LogP contribution in [0.4, 0.5) is 5.82 Å². The number of aromatic nitrogens is 2. The second-order valence-corrected chi connectivity index (χ2v) is 4.49. The number of aryl methyl sites for hydroxylation is 1. The molecule has 0 aromatic carbocycles. The highest BCUT2D eigenvalue weighted by atomic mass is 16.1. The van der Waals surface area contributed by atoms with Crippen LogP contribution < -0.4 is 15.8 Å². The van der Waals surface area contributed by atoms with Crippen molar-refractivity contribution in [3.63, 3.8) is 0 Å². The molecular formula is C12H20N4O.